The highest BCUT2D eigenvalue weighted by Gasteiger charge is 2.56. The van der Waals surface area contributed by atoms with Crippen molar-refractivity contribution >= 4 is 17.5 Å². The number of nitrogens with zero attached hydrogens (tertiary/aromatic N) is 6. The lowest BCUT2D eigenvalue weighted by Gasteiger charge is -2.35. The Balaban J connectivity index is 1.72. The van der Waals surface area contributed by atoms with E-state index in [1.165, 1.54) is 28.3 Å². The smallest absolute Gasteiger partial charge is 0.329 e. The number of carbonyl (C=O) groups excluding carboxylic acids is 1. The molecule has 2 aromatic heterocycles. The molecule has 35 heavy (non-hydrogen) atoms. The van der Waals surface area contributed by atoms with Gasteiger partial charge >= 0.3 is 12.4 Å². The van der Waals surface area contributed by atoms with Gasteiger partial charge in [0.1, 0.15) is 6.33 Å². The van der Waals surface area contributed by atoms with Crippen LogP contribution >= 0.6 is 11.6 Å². The number of hydrogen-bond donors (Lipinski definition) is 0. The van der Waals surface area contributed by atoms with Crippen molar-refractivity contribution in [2.45, 2.75) is 49.5 Å². The van der Waals surface area contributed by atoms with Crippen molar-refractivity contribution in [3.05, 3.63) is 53.9 Å². The first kappa shape index (κ1) is 25.1. The summed E-state index contributed by atoms with van der Waals surface area (Å²) < 4.78 is 82.5. The number of aromatic nitrogens is 5. The van der Waals surface area contributed by atoms with Crippen molar-refractivity contribution < 1.29 is 31.1 Å². The summed E-state index contributed by atoms with van der Waals surface area (Å²) in [6.07, 6.45) is -5.47. The summed E-state index contributed by atoms with van der Waals surface area (Å²) in [5, 5.41) is 4.06. The van der Waals surface area contributed by atoms with Crippen molar-refractivity contribution in [1.82, 2.24) is 29.6 Å². The monoisotopic (exact) mass is 520 g/mol. The minimum Gasteiger partial charge on any atom is -0.329 e. The highest BCUT2D eigenvalue weighted by atomic mass is 35.5. The van der Waals surface area contributed by atoms with E-state index in [1.807, 2.05) is 0 Å². The van der Waals surface area contributed by atoms with Gasteiger partial charge in [0.25, 0.3) is 5.95 Å². The fourth-order valence-corrected chi connectivity index (χ4v) is 4.01. The highest BCUT2D eigenvalue weighted by molar-refractivity contribution is 6.26. The molecule has 14 heteroatoms. The summed E-state index contributed by atoms with van der Waals surface area (Å²) in [7, 11) is 0. The van der Waals surface area contributed by atoms with Gasteiger partial charge in [0.2, 0.25) is 5.91 Å². The zero-order chi connectivity index (χ0) is 25.6. The van der Waals surface area contributed by atoms with Crippen LogP contribution in [0.2, 0.25) is 0 Å². The first-order chi connectivity index (χ1) is 16.3. The van der Waals surface area contributed by atoms with Gasteiger partial charge in [0.15, 0.2) is 10.7 Å². The predicted octanol–water partition coefficient (Wildman–Crippen LogP) is 4.72. The molecule has 7 nitrogen and oxygen atoms in total. The molecule has 188 valence electrons. The SMILES string of the molecule is CC(c1ncnn1-c1ncccn1)N(CC1CC1)C(=O)C1=CC(C(F)(F)F)=CC(Cl)(C(F)(F)F)C1. The van der Waals surface area contributed by atoms with Crippen LogP contribution in [0.1, 0.15) is 38.1 Å². The minimum absolute atomic E-state index is 0.0657. The summed E-state index contributed by atoms with van der Waals surface area (Å²) in [4.78, 5) is 23.6. The third-order valence-corrected chi connectivity index (χ3v) is 6.26. The molecule has 2 aliphatic carbocycles. The number of halogens is 7. The molecule has 1 amide bonds. The average molecular weight is 521 g/mol. The molecule has 2 heterocycles. The number of alkyl halides is 7. The van der Waals surface area contributed by atoms with Crippen LogP contribution in [0.25, 0.3) is 5.95 Å². The molecule has 1 fully saturated rings. The molecule has 0 aliphatic heterocycles. The third kappa shape index (κ3) is 5.19. The number of hydrogen-bond acceptors (Lipinski definition) is 5. The van der Waals surface area contributed by atoms with Crippen LogP contribution in [-0.4, -0.2) is 59.3 Å². The van der Waals surface area contributed by atoms with Crippen molar-refractivity contribution in [1.29, 1.82) is 0 Å². The first-order valence-electron chi connectivity index (χ1n) is 10.5. The maximum Gasteiger partial charge on any atom is 0.416 e. The zero-order valence-corrected chi connectivity index (χ0v) is 18.9. The average Bonchev–Trinajstić information content (AvgIpc) is 3.48. The van der Waals surface area contributed by atoms with Gasteiger partial charge in [-0.15, -0.1) is 11.6 Å². The zero-order valence-electron chi connectivity index (χ0n) is 18.2. The van der Waals surface area contributed by atoms with Crippen LogP contribution in [0.15, 0.2) is 48.1 Å². The van der Waals surface area contributed by atoms with Crippen LogP contribution < -0.4 is 0 Å². The Kier molecular flexibility index (Phi) is 6.41. The van der Waals surface area contributed by atoms with Gasteiger partial charge in [0.05, 0.1) is 11.6 Å². The molecule has 2 unspecified atom stereocenters. The van der Waals surface area contributed by atoms with Crippen molar-refractivity contribution in [2.24, 2.45) is 5.92 Å². The van der Waals surface area contributed by atoms with E-state index in [2.05, 4.69) is 20.1 Å². The fraction of sp³-hybridized carbons (Fsp3) is 0.476. The lowest BCUT2D eigenvalue weighted by atomic mass is 9.87. The summed E-state index contributed by atoms with van der Waals surface area (Å²) in [6, 6.07) is 0.707. The third-order valence-electron chi connectivity index (χ3n) is 5.80. The van der Waals surface area contributed by atoms with Gasteiger partial charge in [-0.25, -0.2) is 15.0 Å². The van der Waals surface area contributed by atoms with Crippen molar-refractivity contribution in [2.75, 3.05) is 6.54 Å². The maximum atomic E-state index is 13.6. The Morgan fingerprint density at radius 1 is 1.20 bits per heavy atom. The summed E-state index contributed by atoms with van der Waals surface area (Å²) in [6.45, 7) is 1.68. The van der Waals surface area contributed by atoms with Crippen LogP contribution in [0.5, 0.6) is 0 Å². The molecular formula is C21H19ClF6N6O. The molecule has 2 atom stereocenters. The Hall–Kier alpha value is -2.96. The van der Waals surface area contributed by atoms with Gasteiger partial charge in [-0.3, -0.25) is 4.79 Å². The number of allylic oxidation sites excluding steroid dienone is 3. The second-order valence-corrected chi connectivity index (χ2v) is 9.13. The first-order valence-corrected chi connectivity index (χ1v) is 10.9. The quantitative estimate of drug-likeness (QED) is 0.407. The molecule has 4 rings (SSSR count). The van der Waals surface area contributed by atoms with Crippen LogP contribution in [-0.2, 0) is 4.79 Å². The van der Waals surface area contributed by atoms with E-state index in [4.69, 9.17) is 11.6 Å². The molecule has 0 N–H and O–H groups in total. The Morgan fingerprint density at radius 2 is 1.86 bits per heavy atom. The van der Waals surface area contributed by atoms with Gasteiger partial charge in [-0.05, 0) is 43.9 Å². The normalized spacial score (nSPS) is 21.8. The lowest BCUT2D eigenvalue weighted by molar-refractivity contribution is -0.152. The molecule has 0 saturated heterocycles. The number of rotatable bonds is 6. The molecule has 0 aromatic carbocycles. The summed E-state index contributed by atoms with van der Waals surface area (Å²) in [5.74, 6) is -0.587. The molecule has 0 radical (unpaired) electrons. The minimum atomic E-state index is -5.22. The van der Waals surface area contributed by atoms with Gasteiger partial charge in [-0.1, -0.05) is 0 Å². The molecule has 2 aromatic rings. The Labute approximate surface area is 200 Å². The Bertz CT molecular complexity index is 1160. The molecule has 0 spiro atoms. The van der Waals surface area contributed by atoms with E-state index < -0.39 is 46.7 Å². The predicted molar refractivity (Wildman–Crippen MR) is 111 cm³/mol. The van der Waals surface area contributed by atoms with E-state index in [1.54, 1.807) is 13.0 Å². The van der Waals surface area contributed by atoms with Gasteiger partial charge in [0, 0.05) is 30.9 Å². The lowest BCUT2D eigenvalue weighted by Crippen LogP contribution is -2.44. The van der Waals surface area contributed by atoms with Crippen LogP contribution in [0.3, 0.4) is 0 Å². The topological polar surface area (TPSA) is 76.8 Å². The van der Waals surface area contributed by atoms with Crippen molar-refractivity contribution in [3.63, 3.8) is 0 Å². The standard InChI is InChI=1S/C21H19ClF6N6O/c1-12(16-31-11-32-34(16)18-29-5-2-6-30-18)33(10-13-3-4-13)17(35)14-7-15(20(23,24)25)9-19(22,8-14)21(26,27)28/h2,5-7,9,11-13H,3-4,8,10H2,1H3. The highest BCUT2D eigenvalue weighted by Crippen LogP contribution is 2.48. The van der Waals surface area contributed by atoms with Gasteiger partial charge in [-0.2, -0.15) is 36.1 Å². The molecular weight excluding hydrogens is 502 g/mol. The number of amides is 1. The van der Waals surface area contributed by atoms with E-state index in [9.17, 15) is 31.1 Å². The van der Waals surface area contributed by atoms with Crippen molar-refractivity contribution in [3.8, 4) is 5.95 Å². The second kappa shape index (κ2) is 8.92. The molecule has 0 bridgehead atoms. The van der Waals surface area contributed by atoms with E-state index in [-0.39, 0.29) is 30.3 Å². The van der Waals surface area contributed by atoms with Crippen LogP contribution in [0, 0.1) is 5.92 Å². The maximum absolute atomic E-state index is 13.6. The number of carbonyl (C=O) groups is 1. The van der Waals surface area contributed by atoms with Gasteiger partial charge < -0.3 is 4.90 Å². The van der Waals surface area contributed by atoms with E-state index >= 15 is 0 Å². The Morgan fingerprint density at radius 3 is 2.43 bits per heavy atom. The van der Waals surface area contributed by atoms with Crippen LogP contribution in [0.4, 0.5) is 26.3 Å². The largest absolute Gasteiger partial charge is 0.416 e. The van der Waals surface area contributed by atoms with E-state index in [0.29, 0.717) is 6.08 Å². The summed E-state index contributed by atoms with van der Waals surface area (Å²) in [5.41, 5.74) is -2.32. The molecule has 1 saturated carbocycles. The van der Waals surface area contributed by atoms with E-state index in [0.717, 1.165) is 12.8 Å². The fourth-order valence-electron chi connectivity index (χ4n) is 3.75. The second-order valence-electron chi connectivity index (χ2n) is 8.46. The summed E-state index contributed by atoms with van der Waals surface area (Å²) >= 11 is 5.64. The molecule has 2 aliphatic rings.